The van der Waals surface area contributed by atoms with Crippen LogP contribution in [0.1, 0.15) is 37.0 Å². The molecule has 0 saturated heterocycles. The van der Waals surface area contributed by atoms with E-state index in [-0.39, 0.29) is 5.84 Å². The minimum Gasteiger partial charge on any atom is -0.384 e. The molecule has 0 amide bonds. The van der Waals surface area contributed by atoms with Gasteiger partial charge in [-0.25, -0.2) is 0 Å². The molecule has 0 saturated carbocycles. The minimum atomic E-state index is 0.130. The highest BCUT2D eigenvalue weighted by Crippen LogP contribution is 2.27. The number of aryl methyl sites for hydroxylation is 2. The Morgan fingerprint density at radius 2 is 2.00 bits per heavy atom. The molecular formula is C16H22N2. The highest BCUT2D eigenvalue weighted by molar-refractivity contribution is 6.10. The molecule has 18 heavy (non-hydrogen) atoms. The Labute approximate surface area is 110 Å². The Hall–Kier alpha value is -1.83. The molecule has 0 aliphatic carbocycles. The third-order valence-corrected chi connectivity index (χ3v) is 2.96. The Bertz CT molecular complexity index is 508. The van der Waals surface area contributed by atoms with E-state index in [4.69, 9.17) is 11.1 Å². The second-order valence-electron chi connectivity index (χ2n) is 4.46. The third-order valence-electron chi connectivity index (χ3n) is 2.96. The molecule has 1 rings (SSSR count). The van der Waals surface area contributed by atoms with Gasteiger partial charge in [0, 0.05) is 5.57 Å². The number of hydrogen-bond acceptors (Lipinski definition) is 1. The molecule has 0 aliphatic heterocycles. The number of hydrogen-bond donors (Lipinski definition) is 2. The van der Waals surface area contributed by atoms with Crippen LogP contribution in [-0.2, 0) is 0 Å². The molecule has 1 aromatic carbocycles. The van der Waals surface area contributed by atoms with Gasteiger partial charge in [0.15, 0.2) is 0 Å². The highest BCUT2D eigenvalue weighted by Gasteiger charge is 2.12. The zero-order valence-electron chi connectivity index (χ0n) is 11.7. The van der Waals surface area contributed by atoms with Crippen LogP contribution in [-0.4, -0.2) is 5.84 Å². The SMILES string of the molecule is C/C=C(/C(=C\CC)C(=N)N)c1cc(C)ccc1C. The first-order valence-corrected chi connectivity index (χ1v) is 6.30. The lowest BCUT2D eigenvalue weighted by molar-refractivity contribution is 1.21. The standard InChI is InChI=1S/C16H22N2/c1-5-7-14(16(17)18)13(6-2)15-10-11(3)8-9-12(15)4/h6-10H,5H2,1-4H3,(H3,17,18)/b13-6-,14-7+. The third kappa shape index (κ3) is 3.10. The Morgan fingerprint density at radius 1 is 1.33 bits per heavy atom. The second-order valence-corrected chi connectivity index (χ2v) is 4.46. The molecule has 0 aliphatic rings. The lowest BCUT2D eigenvalue weighted by atomic mass is 9.91. The first-order chi connectivity index (χ1) is 8.51. The second kappa shape index (κ2) is 6.20. The summed E-state index contributed by atoms with van der Waals surface area (Å²) in [5.41, 5.74) is 11.2. The number of nitrogens with two attached hydrogens (primary N) is 1. The van der Waals surface area contributed by atoms with Gasteiger partial charge in [-0.2, -0.15) is 0 Å². The van der Waals surface area contributed by atoms with Gasteiger partial charge in [-0.3, -0.25) is 5.41 Å². The molecule has 1 aromatic rings. The van der Waals surface area contributed by atoms with Crippen molar-refractivity contribution in [2.45, 2.75) is 34.1 Å². The topological polar surface area (TPSA) is 49.9 Å². The lowest BCUT2D eigenvalue weighted by Crippen LogP contribution is -2.14. The van der Waals surface area contributed by atoms with Gasteiger partial charge < -0.3 is 5.73 Å². The maximum atomic E-state index is 7.73. The van der Waals surface area contributed by atoms with Crippen molar-refractivity contribution in [3.05, 3.63) is 52.6 Å². The fourth-order valence-corrected chi connectivity index (χ4v) is 2.05. The van der Waals surface area contributed by atoms with E-state index in [1.165, 1.54) is 11.1 Å². The monoisotopic (exact) mass is 242 g/mol. The number of nitrogens with one attached hydrogen (secondary N) is 1. The number of allylic oxidation sites excluding steroid dienone is 2. The van der Waals surface area contributed by atoms with Gasteiger partial charge in [-0.05, 0) is 43.9 Å². The Balaban J connectivity index is 3.38. The van der Waals surface area contributed by atoms with Gasteiger partial charge in [0.1, 0.15) is 5.84 Å². The molecule has 0 aromatic heterocycles. The molecule has 0 fully saturated rings. The van der Waals surface area contributed by atoms with Gasteiger partial charge in [0.25, 0.3) is 0 Å². The average molecular weight is 242 g/mol. The van der Waals surface area contributed by atoms with E-state index >= 15 is 0 Å². The number of benzene rings is 1. The van der Waals surface area contributed by atoms with Crippen LogP contribution in [0.4, 0.5) is 0 Å². The maximum Gasteiger partial charge on any atom is 0.123 e. The van der Waals surface area contributed by atoms with Gasteiger partial charge in [0.2, 0.25) is 0 Å². The van der Waals surface area contributed by atoms with Crippen LogP contribution in [0.3, 0.4) is 0 Å². The predicted octanol–water partition coefficient (Wildman–Crippen LogP) is 3.98. The zero-order valence-corrected chi connectivity index (χ0v) is 11.7. The van der Waals surface area contributed by atoms with Crippen LogP contribution in [0.2, 0.25) is 0 Å². The summed E-state index contributed by atoms with van der Waals surface area (Å²) in [4.78, 5) is 0. The molecule has 96 valence electrons. The molecule has 0 unspecified atom stereocenters. The molecule has 0 bridgehead atoms. The lowest BCUT2D eigenvalue weighted by Gasteiger charge is -2.14. The molecule has 0 heterocycles. The maximum absolute atomic E-state index is 7.73. The fourth-order valence-electron chi connectivity index (χ4n) is 2.05. The van der Waals surface area contributed by atoms with E-state index < -0.39 is 0 Å². The summed E-state index contributed by atoms with van der Waals surface area (Å²) < 4.78 is 0. The van der Waals surface area contributed by atoms with Crippen LogP contribution in [0.25, 0.3) is 5.57 Å². The van der Waals surface area contributed by atoms with Gasteiger partial charge in [-0.1, -0.05) is 42.8 Å². The summed E-state index contributed by atoms with van der Waals surface area (Å²) in [6, 6.07) is 6.36. The van der Waals surface area contributed by atoms with Crippen molar-refractivity contribution in [1.29, 1.82) is 5.41 Å². The molecule has 0 spiro atoms. The van der Waals surface area contributed by atoms with Crippen LogP contribution >= 0.6 is 0 Å². The summed E-state index contributed by atoms with van der Waals surface area (Å²) in [6.07, 6.45) is 4.92. The number of amidine groups is 1. The van der Waals surface area contributed by atoms with E-state index in [0.29, 0.717) is 0 Å². The van der Waals surface area contributed by atoms with E-state index in [1.807, 2.05) is 19.1 Å². The van der Waals surface area contributed by atoms with Crippen LogP contribution in [0.5, 0.6) is 0 Å². The van der Waals surface area contributed by atoms with E-state index in [2.05, 4.69) is 39.0 Å². The van der Waals surface area contributed by atoms with Crippen molar-refractivity contribution in [2.24, 2.45) is 5.73 Å². The van der Waals surface area contributed by atoms with Crippen molar-refractivity contribution in [3.63, 3.8) is 0 Å². The largest absolute Gasteiger partial charge is 0.384 e. The summed E-state index contributed by atoms with van der Waals surface area (Å²) in [7, 11) is 0. The molecule has 3 N–H and O–H groups in total. The first-order valence-electron chi connectivity index (χ1n) is 6.30. The van der Waals surface area contributed by atoms with E-state index in [9.17, 15) is 0 Å². The Morgan fingerprint density at radius 3 is 2.50 bits per heavy atom. The number of rotatable bonds is 4. The fraction of sp³-hybridized carbons (Fsp3) is 0.312. The van der Waals surface area contributed by atoms with Crippen LogP contribution < -0.4 is 5.73 Å². The zero-order chi connectivity index (χ0) is 13.7. The van der Waals surface area contributed by atoms with Crippen molar-refractivity contribution in [2.75, 3.05) is 0 Å². The smallest absolute Gasteiger partial charge is 0.123 e. The van der Waals surface area contributed by atoms with Crippen molar-refractivity contribution in [1.82, 2.24) is 0 Å². The van der Waals surface area contributed by atoms with Crippen LogP contribution in [0.15, 0.2) is 35.9 Å². The van der Waals surface area contributed by atoms with Crippen molar-refractivity contribution in [3.8, 4) is 0 Å². The predicted molar refractivity (Wildman–Crippen MR) is 79.9 cm³/mol. The highest BCUT2D eigenvalue weighted by atomic mass is 14.7. The van der Waals surface area contributed by atoms with Crippen molar-refractivity contribution >= 4 is 11.4 Å². The summed E-state index contributed by atoms with van der Waals surface area (Å²) in [5, 5.41) is 7.73. The van der Waals surface area contributed by atoms with Crippen molar-refractivity contribution < 1.29 is 0 Å². The molecule has 0 radical (unpaired) electrons. The minimum absolute atomic E-state index is 0.130. The first kappa shape index (κ1) is 14.2. The molecule has 0 atom stereocenters. The summed E-state index contributed by atoms with van der Waals surface area (Å²) >= 11 is 0. The van der Waals surface area contributed by atoms with Gasteiger partial charge in [0.05, 0.1) is 0 Å². The molecule has 2 heteroatoms. The van der Waals surface area contributed by atoms with Crippen LogP contribution in [0, 0.1) is 19.3 Å². The summed E-state index contributed by atoms with van der Waals surface area (Å²) in [6.45, 7) is 8.21. The van der Waals surface area contributed by atoms with E-state index in [1.54, 1.807) is 0 Å². The van der Waals surface area contributed by atoms with E-state index in [0.717, 1.165) is 23.1 Å². The normalized spacial score (nSPS) is 12.7. The van der Waals surface area contributed by atoms with Gasteiger partial charge >= 0.3 is 0 Å². The van der Waals surface area contributed by atoms with Gasteiger partial charge in [-0.15, -0.1) is 0 Å². The summed E-state index contributed by atoms with van der Waals surface area (Å²) in [5.74, 6) is 0.130. The molecular weight excluding hydrogens is 220 g/mol. The molecule has 2 nitrogen and oxygen atoms in total. The Kier molecular flexibility index (Phi) is 4.90. The quantitative estimate of drug-likeness (QED) is 0.468. The average Bonchev–Trinajstić information content (AvgIpc) is 2.33.